The lowest BCUT2D eigenvalue weighted by molar-refractivity contribution is -0.137. The molecule has 2 aromatic rings. The van der Waals surface area contributed by atoms with Crippen molar-refractivity contribution in [2.75, 3.05) is 18.4 Å². The van der Waals surface area contributed by atoms with Crippen LogP contribution in [0, 0.1) is 6.92 Å². The number of aryl methyl sites for hydroxylation is 1. The van der Waals surface area contributed by atoms with E-state index >= 15 is 0 Å². The molecule has 2 amide bonds. The maximum absolute atomic E-state index is 14.1. The van der Waals surface area contributed by atoms with Gasteiger partial charge in [-0.1, -0.05) is 6.07 Å². The lowest BCUT2D eigenvalue weighted by Crippen LogP contribution is -2.55. The average molecular weight is 471 g/mol. The molecular weight excluding hydrogens is 449 g/mol. The number of hydrogen-bond acceptors (Lipinski definition) is 5. The third kappa shape index (κ3) is 6.14. The lowest BCUT2D eigenvalue weighted by Gasteiger charge is -2.39. The number of amides is 2. The molecule has 0 aromatic carbocycles. The fourth-order valence-corrected chi connectivity index (χ4v) is 3.46. The molecule has 0 saturated carbocycles. The Hall–Kier alpha value is -3.31. The number of carbonyl (C=O) groups excluding carboxylic acids is 2. The standard InChI is InChI=1S/C21H22F5N5O2/c1-12-3-4-16(29-17-9-14(6-8-27-17)21(24,25)26)30-18(12)19(33)31-11-20(22,23)7-5-15(31)10-28-13(2)32/h3-4,6,8-9,15H,5,7,10-11H2,1-2H3,(H,28,32)(H,27,29,30)/t15-/m1/s1. The number of carbonyl (C=O) groups is 2. The quantitative estimate of drug-likeness (QED) is 0.646. The largest absolute Gasteiger partial charge is 0.416 e. The van der Waals surface area contributed by atoms with Crippen LogP contribution >= 0.6 is 0 Å². The number of piperidine rings is 1. The van der Waals surface area contributed by atoms with Gasteiger partial charge in [0.2, 0.25) is 5.91 Å². The summed E-state index contributed by atoms with van der Waals surface area (Å²) in [7, 11) is 0. The minimum absolute atomic E-state index is 0.00976. The van der Waals surface area contributed by atoms with Gasteiger partial charge in [-0.2, -0.15) is 13.2 Å². The minimum atomic E-state index is -4.57. The maximum Gasteiger partial charge on any atom is 0.416 e. The number of halogens is 5. The highest BCUT2D eigenvalue weighted by Gasteiger charge is 2.42. The van der Waals surface area contributed by atoms with Crippen molar-refractivity contribution < 1.29 is 31.5 Å². The summed E-state index contributed by atoms with van der Waals surface area (Å²) in [6, 6.07) is 3.89. The van der Waals surface area contributed by atoms with Crippen molar-refractivity contribution >= 4 is 23.5 Å². The summed E-state index contributed by atoms with van der Waals surface area (Å²) < 4.78 is 67.0. The van der Waals surface area contributed by atoms with Crippen LogP contribution in [0.2, 0.25) is 0 Å². The van der Waals surface area contributed by atoms with Gasteiger partial charge in [0.05, 0.1) is 12.1 Å². The number of pyridine rings is 2. The molecule has 2 aromatic heterocycles. The Morgan fingerprint density at radius 3 is 2.61 bits per heavy atom. The molecule has 1 aliphatic rings. The van der Waals surface area contributed by atoms with E-state index in [0.29, 0.717) is 5.56 Å². The number of likely N-dealkylation sites (tertiary alicyclic amines) is 1. The molecule has 3 rings (SSSR count). The number of rotatable bonds is 5. The van der Waals surface area contributed by atoms with E-state index < -0.39 is 42.6 Å². The van der Waals surface area contributed by atoms with E-state index in [1.54, 1.807) is 6.92 Å². The van der Waals surface area contributed by atoms with Gasteiger partial charge in [0.15, 0.2) is 0 Å². The molecule has 1 atom stereocenters. The summed E-state index contributed by atoms with van der Waals surface area (Å²) in [6.07, 6.45) is -4.02. The highest BCUT2D eigenvalue weighted by Crippen LogP contribution is 2.32. The van der Waals surface area contributed by atoms with Gasteiger partial charge in [0.25, 0.3) is 11.8 Å². The molecule has 33 heavy (non-hydrogen) atoms. The van der Waals surface area contributed by atoms with Gasteiger partial charge in [-0.3, -0.25) is 9.59 Å². The van der Waals surface area contributed by atoms with Crippen LogP contribution < -0.4 is 10.6 Å². The fraction of sp³-hybridized carbons (Fsp3) is 0.429. The second-order valence-electron chi connectivity index (χ2n) is 7.83. The predicted octanol–water partition coefficient (Wildman–Crippen LogP) is 3.92. The molecule has 3 heterocycles. The zero-order chi connectivity index (χ0) is 24.4. The number of nitrogens with zero attached hydrogens (tertiary/aromatic N) is 3. The van der Waals surface area contributed by atoms with Gasteiger partial charge in [-0.05, 0) is 37.1 Å². The molecule has 2 N–H and O–H groups in total. The van der Waals surface area contributed by atoms with Crippen LogP contribution in [0.3, 0.4) is 0 Å². The summed E-state index contributed by atoms with van der Waals surface area (Å²) in [4.78, 5) is 33.4. The summed E-state index contributed by atoms with van der Waals surface area (Å²) in [5.74, 6) is -4.32. The van der Waals surface area contributed by atoms with Crippen LogP contribution in [0.5, 0.6) is 0 Å². The molecule has 1 saturated heterocycles. The third-order valence-electron chi connectivity index (χ3n) is 5.18. The first-order valence-electron chi connectivity index (χ1n) is 10.1. The highest BCUT2D eigenvalue weighted by atomic mass is 19.4. The first-order chi connectivity index (χ1) is 15.4. The molecule has 7 nitrogen and oxygen atoms in total. The Labute approximate surface area is 186 Å². The number of hydrogen-bond donors (Lipinski definition) is 2. The van der Waals surface area contributed by atoms with E-state index in [1.165, 1.54) is 19.1 Å². The van der Waals surface area contributed by atoms with Crippen LogP contribution in [-0.4, -0.2) is 51.7 Å². The normalized spacial score (nSPS) is 18.0. The second-order valence-corrected chi connectivity index (χ2v) is 7.83. The van der Waals surface area contributed by atoms with Crippen molar-refractivity contribution in [2.45, 2.75) is 44.8 Å². The second kappa shape index (κ2) is 9.28. The van der Waals surface area contributed by atoms with E-state index in [1.807, 2.05) is 0 Å². The number of aromatic nitrogens is 2. The summed E-state index contributed by atoms with van der Waals surface area (Å²) in [5.41, 5.74) is -0.646. The topological polar surface area (TPSA) is 87.2 Å². The van der Waals surface area contributed by atoms with E-state index in [2.05, 4.69) is 20.6 Å². The Morgan fingerprint density at radius 1 is 1.21 bits per heavy atom. The van der Waals surface area contributed by atoms with Crippen molar-refractivity contribution in [1.29, 1.82) is 0 Å². The van der Waals surface area contributed by atoms with E-state index in [4.69, 9.17) is 0 Å². The Bertz CT molecular complexity index is 1040. The summed E-state index contributed by atoms with van der Waals surface area (Å²) in [5, 5.41) is 5.16. The van der Waals surface area contributed by atoms with E-state index in [-0.39, 0.29) is 36.2 Å². The molecule has 12 heteroatoms. The maximum atomic E-state index is 14.1. The number of nitrogens with one attached hydrogen (secondary N) is 2. The molecule has 0 spiro atoms. The van der Waals surface area contributed by atoms with Gasteiger partial charge < -0.3 is 15.5 Å². The van der Waals surface area contributed by atoms with Crippen molar-refractivity contribution in [1.82, 2.24) is 20.2 Å². The van der Waals surface area contributed by atoms with Crippen molar-refractivity contribution in [3.05, 3.63) is 47.3 Å². The monoisotopic (exact) mass is 471 g/mol. The lowest BCUT2D eigenvalue weighted by atomic mass is 9.98. The molecule has 0 unspecified atom stereocenters. The minimum Gasteiger partial charge on any atom is -0.354 e. The molecule has 0 radical (unpaired) electrons. The molecular formula is C21H22F5N5O2. The van der Waals surface area contributed by atoms with Crippen LogP contribution in [0.25, 0.3) is 0 Å². The SMILES string of the molecule is CC(=O)NC[C@H]1CCC(F)(F)CN1C(=O)c1nc(Nc2cc(C(F)(F)F)ccn2)ccc1C. The zero-order valence-corrected chi connectivity index (χ0v) is 17.8. The van der Waals surface area contributed by atoms with E-state index in [9.17, 15) is 31.5 Å². The highest BCUT2D eigenvalue weighted by molar-refractivity contribution is 5.94. The smallest absolute Gasteiger partial charge is 0.354 e. The number of anilines is 2. The summed E-state index contributed by atoms with van der Waals surface area (Å²) in [6.45, 7) is 2.04. The Morgan fingerprint density at radius 2 is 1.94 bits per heavy atom. The first kappa shape index (κ1) is 24.3. The van der Waals surface area contributed by atoms with E-state index in [0.717, 1.165) is 23.2 Å². The van der Waals surface area contributed by atoms with Gasteiger partial charge in [-0.15, -0.1) is 0 Å². The van der Waals surface area contributed by atoms with Gasteiger partial charge in [0.1, 0.15) is 17.3 Å². The molecule has 0 aliphatic carbocycles. The third-order valence-corrected chi connectivity index (χ3v) is 5.18. The molecule has 178 valence electrons. The fourth-order valence-electron chi connectivity index (χ4n) is 3.46. The van der Waals surface area contributed by atoms with Crippen molar-refractivity contribution in [3.8, 4) is 0 Å². The number of alkyl halides is 5. The van der Waals surface area contributed by atoms with Gasteiger partial charge in [0, 0.05) is 32.1 Å². The van der Waals surface area contributed by atoms with Crippen LogP contribution in [-0.2, 0) is 11.0 Å². The van der Waals surface area contributed by atoms with Crippen molar-refractivity contribution in [2.24, 2.45) is 0 Å². The average Bonchev–Trinajstić information content (AvgIpc) is 2.73. The van der Waals surface area contributed by atoms with Crippen LogP contribution in [0.1, 0.15) is 41.4 Å². The first-order valence-corrected chi connectivity index (χ1v) is 10.1. The van der Waals surface area contributed by atoms with Gasteiger partial charge in [-0.25, -0.2) is 18.7 Å². The van der Waals surface area contributed by atoms with Crippen LogP contribution in [0.15, 0.2) is 30.5 Å². The molecule has 1 fully saturated rings. The molecule has 1 aliphatic heterocycles. The van der Waals surface area contributed by atoms with Crippen LogP contribution in [0.4, 0.5) is 33.6 Å². The Balaban J connectivity index is 1.87. The van der Waals surface area contributed by atoms with Gasteiger partial charge >= 0.3 is 6.18 Å². The predicted molar refractivity (Wildman–Crippen MR) is 109 cm³/mol. The van der Waals surface area contributed by atoms with Crippen molar-refractivity contribution in [3.63, 3.8) is 0 Å². The Kier molecular flexibility index (Phi) is 6.84. The molecule has 0 bridgehead atoms. The summed E-state index contributed by atoms with van der Waals surface area (Å²) >= 11 is 0. The zero-order valence-electron chi connectivity index (χ0n) is 17.8.